The van der Waals surface area contributed by atoms with E-state index in [2.05, 4.69) is 20.6 Å². The van der Waals surface area contributed by atoms with Gasteiger partial charge in [0.05, 0.1) is 18.4 Å². The molecule has 0 saturated carbocycles. The van der Waals surface area contributed by atoms with Crippen LogP contribution >= 0.6 is 11.3 Å². The zero-order valence-electron chi connectivity index (χ0n) is 13.7. The van der Waals surface area contributed by atoms with E-state index >= 15 is 0 Å². The van der Waals surface area contributed by atoms with Gasteiger partial charge in [-0.2, -0.15) is 0 Å². The highest BCUT2D eigenvalue weighted by Gasteiger charge is 2.16. The Morgan fingerprint density at radius 3 is 2.61 bits per heavy atom. The van der Waals surface area contributed by atoms with E-state index in [0.717, 1.165) is 10.6 Å². The number of hydrogen-bond acceptors (Lipinski definition) is 7. The van der Waals surface area contributed by atoms with Crippen LogP contribution in [-0.4, -0.2) is 45.4 Å². The Kier molecular flexibility index (Phi) is 6.20. The molecule has 8 nitrogen and oxygen atoms in total. The highest BCUT2D eigenvalue weighted by Crippen LogP contribution is 2.21. The van der Waals surface area contributed by atoms with Crippen molar-refractivity contribution in [3.05, 3.63) is 22.5 Å². The van der Waals surface area contributed by atoms with Crippen LogP contribution in [-0.2, 0) is 16.0 Å². The number of amides is 1. The number of carbonyl (C=O) groups excluding carboxylic acids is 1. The molecule has 2 rings (SSSR count). The van der Waals surface area contributed by atoms with Crippen LogP contribution in [0.3, 0.4) is 0 Å². The first-order chi connectivity index (χ1) is 11.0. The molecule has 9 heteroatoms. The van der Waals surface area contributed by atoms with Crippen LogP contribution in [0, 0.1) is 13.8 Å². The summed E-state index contributed by atoms with van der Waals surface area (Å²) in [6.45, 7) is 9.09. The molecule has 0 aromatic carbocycles. The second kappa shape index (κ2) is 8.14. The lowest BCUT2D eigenvalue weighted by Crippen LogP contribution is -2.24. The Morgan fingerprint density at radius 2 is 2.04 bits per heavy atom. The van der Waals surface area contributed by atoms with Gasteiger partial charge in [-0.25, -0.2) is 9.67 Å². The molecule has 1 amide bonds. The summed E-state index contributed by atoms with van der Waals surface area (Å²) in [4.78, 5) is 17.5. The quantitative estimate of drug-likeness (QED) is 0.740. The van der Waals surface area contributed by atoms with Crippen LogP contribution < -0.4 is 5.32 Å². The number of aromatic nitrogens is 4. The minimum atomic E-state index is -0.410. The molecule has 1 N–H and O–H groups in total. The van der Waals surface area contributed by atoms with Crippen LogP contribution in [0.15, 0.2) is 6.20 Å². The van der Waals surface area contributed by atoms with Gasteiger partial charge in [0.15, 0.2) is 17.1 Å². The fourth-order valence-electron chi connectivity index (χ4n) is 1.86. The molecule has 0 fully saturated rings. The molecule has 0 aliphatic carbocycles. The molecule has 2 heterocycles. The van der Waals surface area contributed by atoms with Gasteiger partial charge in [-0.05, 0) is 27.7 Å². The molecule has 0 radical (unpaired) electrons. The van der Waals surface area contributed by atoms with E-state index in [1.165, 1.54) is 16.0 Å². The molecule has 2 aromatic rings. The third-order valence-electron chi connectivity index (χ3n) is 3.06. The lowest BCUT2D eigenvalue weighted by molar-refractivity contribution is -0.145. The average molecular weight is 339 g/mol. The highest BCUT2D eigenvalue weighted by atomic mass is 32.1. The molecule has 0 aliphatic rings. The fraction of sp³-hybridized carbons (Fsp3) is 0.571. The minimum Gasteiger partial charge on any atom is -0.351 e. The van der Waals surface area contributed by atoms with Gasteiger partial charge >= 0.3 is 0 Å². The van der Waals surface area contributed by atoms with Gasteiger partial charge in [0.1, 0.15) is 0 Å². The van der Waals surface area contributed by atoms with Crippen LogP contribution in [0.2, 0.25) is 0 Å². The normalized spacial score (nSPS) is 11.2. The molecule has 0 saturated heterocycles. The number of rotatable bonds is 8. The second-order valence-electron chi connectivity index (χ2n) is 4.78. The lowest BCUT2D eigenvalue weighted by Gasteiger charge is -2.16. The van der Waals surface area contributed by atoms with Crippen molar-refractivity contribution in [2.45, 2.75) is 40.5 Å². The van der Waals surface area contributed by atoms with Crippen molar-refractivity contribution in [3.63, 3.8) is 0 Å². The summed E-state index contributed by atoms with van der Waals surface area (Å²) >= 11 is 1.43. The summed E-state index contributed by atoms with van der Waals surface area (Å²) in [5.74, 6) is -0.339. The van der Waals surface area contributed by atoms with Crippen LogP contribution in [0.1, 0.15) is 34.9 Å². The van der Waals surface area contributed by atoms with E-state index in [1.54, 1.807) is 6.20 Å². The van der Waals surface area contributed by atoms with E-state index in [4.69, 9.17) is 9.47 Å². The molecule has 0 bridgehead atoms. The number of anilines is 1. The summed E-state index contributed by atoms with van der Waals surface area (Å²) in [7, 11) is 0. The van der Waals surface area contributed by atoms with Crippen molar-refractivity contribution in [3.8, 4) is 0 Å². The number of ether oxygens (including phenoxy) is 2. The maximum Gasteiger partial charge on any atom is 0.279 e. The molecular formula is C14H21N5O3S. The number of nitrogens with zero attached hydrogens (tertiary/aromatic N) is 4. The van der Waals surface area contributed by atoms with Crippen LogP contribution in [0.25, 0.3) is 0 Å². The van der Waals surface area contributed by atoms with Crippen LogP contribution in [0.5, 0.6) is 0 Å². The third kappa shape index (κ3) is 4.81. The topological polar surface area (TPSA) is 91.2 Å². The first kappa shape index (κ1) is 17.5. The summed E-state index contributed by atoms with van der Waals surface area (Å²) in [5, 5.41) is 11.1. The molecule has 0 unspecified atom stereocenters. The zero-order chi connectivity index (χ0) is 16.8. The molecule has 0 aliphatic heterocycles. The minimum absolute atomic E-state index is 0.224. The number of thiazole rings is 1. The Labute approximate surface area is 138 Å². The third-order valence-corrected chi connectivity index (χ3v) is 4.05. The molecule has 0 spiro atoms. The van der Waals surface area contributed by atoms with Crippen molar-refractivity contribution >= 4 is 22.4 Å². The van der Waals surface area contributed by atoms with Gasteiger partial charge in [0.2, 0.25) is 0 Å². The highest BCUT2D eigenvalue weighted by molar-refractivity contribution is 7.15. The number of nitrogens with one attached hydrogen (secondary N) is 1. The largest absolute Gasteiger partial charge is 0.351 e. The van der Waals surface area contributed by atoms with E-state index < -0.39 is 6.29 Å². The van der Waals surface area contributed by atoms with Crippen LogP contribution in [0.4, 0.5) is 5.13 Å². The van der Waals surface area contributed by atoms with Gasteiger partial charge < -0.3 is 9.47 Å². The standard InChI is InChI=1S/C14H21N5O3S/c1-5-21-12(22-6-2)8-19-7-11(17-18-19)13(20)16-14-15-9(3)10(4)23-14/h7,12H,5-6,8H2,1-4H3,(H,15,16,20). The summed E-state index contributed by atoms with van der Waals surface area (Å²) in [5.41, 5.74) is 1.13. The van der Waals surface area contributed by atoms with Gasteiger partial charge in [-0.1, -0.05) is 5.21 Å². The number of hydrogen-bond donors (Lipinski definition) is 1. The smallest absolute Gasteiger partial charge is 0.279 e. The van der Waals surface area contributed by atoms with Crippen molar-refractivity contribution in [1.82, 2.24) is 20.0 Å². The van der Waals surface area contributed by atoms with Gasteiger partial charge in [-0.15, -0.1) is 16.4 Å². The fourth-order valence-corrected chi connectivity index (χ4v) is 2.67. The monoisotopic (exact) mass is 339 g/mol. The molecule has 2 aromatic heterocycles. The van der Waals surface area contributed by atoms with Crippen molar-refractivity contribution in [2.24, 2.45) is 0 Å². The average Bonchev–Trinajstić information content (AvgIpc) is 3.07. The van der Waals surface area contributed by atoms with Crippen molar-refractivity contribution in [1.29, 1.82) is 0 Å². The molecule has 126 valence electrons. The summed E-state index contributed by atoms with van der Waals surface area (Å²) < 4.78 is 12.4. The van der Waals surface area contributed by atoms with E-state index in [0.29, 0.717) is 24.9 Å². The summed E-state index contributed by atoms with van der Waals surface area (Å²) in [6, 6.07) is 0. The SMILES string of the molecule is CCOC(Cn1cc(C(=O)Nc2nc(C)c(C)s2)nn1)OCC. The Morgan fingerprint density at radius 1 is 1.35 bits per heavy atom. The van der Waals surface area contributed by atoms with Gasteiger partial charge in [-0.3, -0.25) is 10.1 Å². The number of aryl methyl sites for hydroxylation is 2. The van der Waals surface area contributed by atoms with Gasteiger partial charge in [0.25, 0.3) is 5.91 Å². The maximum atomic E-state index is 12.2. The lowest BCUT2D eigenvalue weighted by atomic mass is 10.4. The van der Waals surface area contributed by atoms with Crippen molar-refractivity contribution in [2.75, 3.05) is 18.5 Å². The summed E-state index contributed by atoms with van der Waals surface area (Å²) in [6.07, 6.45) is 1.15. The molecular weight excluding hydrogens is 318 g/mol. The first-order valence-corrected chi connectivity index (χ1v) is 8.23. The predicted octanol–water partition coefficient (Wildman–Crippen LogP) is 2.00. The second-order valence-corrected chi connectivity index (χ2v) is 5.98. The van der Waals surface area contributed by atoms with Gasteiger partial charge in [0, 0.05) is 18.1 Å². The maximum absolute atomic E-state index is 12.2. The van der Waals surface area contributed by atoms with E-state index in [9.17, 15) is 4.79 Å². The Balaban J connectivity index is 1.98. The Bertz CT molecular complexity index is 629. The van der Waals surface area contributed by atoms with E-state index in [1.807, 2.05) is 27.7 Å². The number of carbonyl (C=O) groups is 1. The van der Waals surface area contributed by atoms with E-state index in [-0.39, 0.29) is 11.6 Å². The first-order valence-electron chi connectivity index (χ1n) is 7.42. The Hall–Kier alpha value is -1.84. The molecule has 0 atom stereocenters. The van der Waals surface area contributed by atoms with Crippen molar-refractivity contribution < 1.29 is 14.3 Å². The predicted molar refractivity (Wildman–Crippen MR) is 86.6 cm³/mol. The zero-order valence-corrected chi connectivity index (χ0v) is 14.5. The molecule has 23 heavy (non-hydrogen) atoms.